The monoisotopic (exact) mass is 299 g/mol. The second kappa shape index (κ2) is 6.37. The lowest BCUT2D eigenvalue weighted by Crippen LogP contribution is -2.21. The summed E-state index contributed by atoms with van der Waals surface area (Å²) >= 11 is 11.8. The van der Waals surface area contributed by atoms with Crippen molar-refractivity contribution in [3.8, 4) is 0 Å². The van der Waals surface area contributed by atoms with Crippen LogP contribution in [0.3, 0.4) is 0 Å². The predicted molar refractivity (Wildman–Crippen MR) is 75.5 cm³/mol. The molecule has 1 N–H and O–H groups in total. The Morgan fingerprint density at radius 2 is 2.05 bits per heavy atom. The van der Waals surface area contributed by atoms with Crippen molar-refractivity contribution in [1.29, 1.82) is 0 Å². The quantitative estimate of drug-likeness (QED) is 0.918. The number of nitrogens with zero attached hydrogens (tertiary/aromatic N) is 2. The van der Waals surface area contributed by atoms with Gasteiger partial charge in [-0.25, -0.2) is 0 Å². The molecule has 6 heteroatoms. The molecule has 0 atom stereocenters. The van der Waals surface area contributed by atoms with Gasteiger partial charge in [0.2, 0.25) is 5.89 Å². The first-order chi connectivity index (χ1) is 9.04. The Morgan fingerprint density at radius 1 is 1.26 bits per heavy atom. The van der Waals surface area contributed by atoms with Crippen molar-refractivity contribution in [3.63, 3.8) is 0 Å². The molecule has 0 saturated carbocycles. The number of benzene rings is 1. The third-order valence-corrected chi connectivity index (χ3v) is 3.26. The van der Waals surface area contributed by atoms with Gasteiger partial charge in [-0.15, -0.1) is 0 Å². The summed E-state index contributed by atoms with van der Waals surface area (Å²) in [5.74, 6) is 1.22. The summed E-state index contributed by atoms with van der Waals surface area (Å²) in [7, 11) is 0. The number of hydrogen-bond donors (Lipinski definition) is 1. The van der Waals surface area contributed by atoms with E-state index >= 15 is 0 Å². The molecule has 102 valence electrons. The molecule has 0 aliphatic carbocycles. The van der Waals surface area contributed by atoms with Gasteiger partial charge in [0.1, 0.15) is 0 Å². The van der Waals surface area contributed by atoms with Gasteiger partial charge in [0.25, 0.3) is 0 Å². The Hall–Kier alpha value is -1.10. The van der Waals surface area contributed by atoms with Crippen molar-refractivity contribution in [2.24, 2.45) is 0 Å². The van der Waals surface area contributed by atoms with Gasteiger partial charge in [-0.2, -0.15) is 4.98 Å². The van der Waals surface area contributed by atoms with E-state index in [-0.39, 0.29) is 0 Å². The molecule has 0 spiro atoms. The van der Waals surface area contributed by atoms with E-state index in [9.17, 15) is 0 Å². The largest absolute Gasteiger partial charge is 0.338 e. The molecule has 0 saturated heterocycles. The maximum absolute atomic E-state index is 5.96. The SMILES string of the molecule is CC(C)NCc1nc(Cc2ccc(Cl)c(Cl)c2)no1. The summed E-state index contributed by atoms with van der Waals surface area (Å²) < 4.78 is 5.16. The second-order valence-corrected chi connectivity index (χ2v) is 5.38. The predicted octanol–water partition coefficient (Wildman–Crippen LogP) is 3.47. The van der Waals surface area contributed by atoms with Crippen LogP contribution < -0.4 is 5.32 Å². The summed E-state index contributed by atoms with van der Waals surface area (Å²) in [5, 5.41) is 8.23. The van der Waals surface area contributed by atoms with E-state index in [1.807, 2.05) is 12.1 Å². The number of halogens is 2. The molecular formula is C13H15Cl2N3O. The van der Waals surface area contributed by atoms with Crippen molar-refractivity contribution in [2.45, 2.75) is 32.9 Å². The van der Waals surface area contributed by atoms with E-state index < -0.39 is 0 Å². The van der Waals surface area contributed by atoms with Crippen molar-refractivity contribution in [2.75, 3.05) is 0 Å². The van der Waals surface area contributed by atoms with Gasteiger partial charge >= 0.3 is 0 Å². The zero-order valence-corrected chi connectivity index (χ0v) is 12.3. The van der Waals surface area contributed by atoms with Gasteiger partial charge in [-0.3, -0.25) is 0 Å². The van der Waals surface area contributed by atoms with Crippen molar-refractivity contribution >= 4 is 23.2 Å². The summed E-state index contributed by atoms with van der Waals surface area (Å²) in [4.78, 5) is 4.31. The van der Waals surface area contributed by atoms with E-state index in [2.05, 4.69) is 29.3 Å². The Balaban J connectivity index is 2.01. The molecule has 0 aliphatic rings. The van der Waals surface area contributed by atoms with Crippen LogP contribution in [0.25, 0.3) is 0 Å². The maximum Gasteiger partial charge on any atom is 0.240 e. The smallest absolute Gasteiger partial charge is 0.240 e. The topological polar surface area (TPSA) is 51.0 Å². The summed E-state index contributed by atoms with van der Waals surface area (Å²) in [6.07, 6.45) is 0.571. The van der Waals surface area contributed by atoms with Crippen molar-refractivity contribution in [3.05, 3.63) is 45.5 Å². The molecule has 0 radical (unpaired) electrons. The molecule has 2 aromatic rings. The van der Waals surface area contributed by atoms with Crippen LogP contribution >= 0.6 is 23.2 Å². The standard InChI is InChI=1S/C13H15Cl2N3O/c1-8(2)16-7-13-17-12(18-19-13)6-9-3-4-10(14)11(15)5-9/h3-5,8,16H,6-7H2,1-2H3. The third kappa shape index (κ3) is 4.20. The molecule has 4 nitrogen and oxygen atoms in total. The first-order valence-electron chi connectivity index (χ1n) is 6.03. The number of rotatable bonds is 5. The number of aromatic nitrogens is 2. The number of nitrogens with one attached hydrogen (secondary N) is 1. The molecular weight excluding hydrogens is 285 g/mol. The highest BCUT2D eigenvalue weighted by Crippen LogP contribution is 2.23. The van der Waals surface area contributed by atoms with E-state index in [0.717, 1.165) is 5.56 Å². The second-order valence-electron chi connectivity index (χ2n) is 4.57. The zero-order valence-electron chi connectivity index (χ0n) is 10.8. The molecule has 0 aliphatic heterocycles. The molecule has 19 heavy (non-hydrogen) atoms. The first-order valence-corrected chi connectivity index (χ1v) is 6.79. The van der Waals surface area contributed by atoms with Crippen LogP contribution in [-0.2, 0) is 13.0 Å². The molecule has 1 aromatic carbocycles. The molecule has 0 fully saturated rings. The fourth-order valence-corrected chi connectivity index (χ4v) is 1.88. The van der Waals surface area contributed by atoms with Crippen LogP contribution in [0.1, 0.15) is 31.1 Å². The minimum atomic E-state index is 0.380. The van der Waals surface area contributed by atoms with Crippen LogP contribution in [0.4, 0.5) is 0 Å². The zero-order chi connectivity index (χ0) is 13.8. The fourth-order valence-electron chi connectivity index (χ4n) is 1.56. The highest BCUT2D eigenvalue weighted by molar-refractivity contribution is 6.42. The highest BCUT2D eigenvalue weighted by Gasteiger charge is 2.08. The maximum atomic E-state index is 5.96. The van der Waals surface area contributed by atoms with Crippen LogP contribution in [0.15, 0.2) is 22.7 Å². The van der Waals surface area contributed by atoms with Crippen LogP contribution in [0, 0.1) is 0 Å². The lowest BCUT2D eigenvalue weighted by molar-refractivity contribution is 0.358. The third-order valence-electron chi connectivity index (χ3n) is 2.52. The van der Waals surface area contributed by atoms with Gasteiger partial charge in [0.15, 0.2) is 5.82 Å². The summed E-state index contributed by atoms with van der Waals surface area (Å²) in [5.41, 5.74) is 0.999. The van der Waals surface area contributed by atoms with Gasteiger partial charge in [0, 0.05) is 12.5 Å². The normalized spacial score (nSPS) is 11.2. The van der Waals surface area contributed by atoms with Gasteiger partial charge in [-0.1, -0.05) is 48.3 Å². The molecule has 1 heterocycles. The lowest BCUT2D eigenvalue weighted by atomic mass is 10.1. The van der Waals surface area contributed by atoms with E-state index in [1.165, 1.54) is 0 Å². The average Bonchev–Trinajstić information content (AvgIpc) is 2.79. The Bertz CT molecular complexity index is 555. The van der Waals surface area contributed by atoms with Gasteiger partial charge < -0.3 is 9.84 Å². The highest BCUT2D eigenvalue weighted by atomic mass is 35.5. The van der Waals surface area contributed by atoms with E-state index in [0.29, 0.717) is 40.8 Å². The molecule has 0 bridgehead atoms. The lowest BCUT2D eigenvalue weighted by Gasteiger charge is -2.03. The fraction of sp³-hybridized carbons (Fsp3) is 0.385. The van der Waals surface area contributed by atoms with Gasteiger partial charge in [0.05, 0.1) is 16.6 Å². The van der Waals surface area contributed by atoms with Crippen molar-refractivity contribution in [1.82, 2.24) is 15.5 Å². The van der Waals surface area contributed by atoms with Gasteiger partial charge in [-0.05, 0) is 17.7 Å². The van der Waals surface area contributed by atoms with Crippen LogP contribution in [-0.4, -0.2) is 16.2 Å². The Morgan fingerprint density at radius 3 is 2.74 bits per heavy atom. The Labute approximate surface area is 122 Å². The molecule has 2 rings (SSSR count). The minimum absolute atomic E-state index is 0.380. The summed E-state index contributed by atoms with van der Waals surface area (Å²) in [6, 6.07) is 5.86. The molecule has 0 unspecified atom stereocenters. The molecule has 1 aromatic heterocycles. The average molecular weight is 300 g/mol. The van der Waals surface area contributed by atoms with Crippen molar-refractivity contribution < 1.29 is 4.52 Å². The van der Waals surface area contributed by atoms with Crippen LogP contribution in [0.2, 0.25) is 10.0 Å². The molecule has 0 amide bonds. The minimum Gasteiger partial charge on any atom is -0.338 e. The van der Waals surface area contributed by atoms with E-state index in [1.54, 1.807) is 6.07 Å². The number of hydrogen-bond acceptors (Lipinski definition) is 4. The summed E-state index contributed by atoms with van der Waals surface area (Å²) in [6.45, 7) is 4.70. The van der Waals surface area contributed by atoms with E-state index in [4.69, 9.17) is 27.7 Å². The Kier molecular flexibility index (Phi) is 4.80. The van der Waals surface area contributed by atoms with Crippen LogP contribution in [0.5, 0.6) is 0 Å². The first kappa shape index (κ1) is 14.3.